The first-order valence-corrected chi connectivity index (χ1v) is 6.10. The van der Waals surface area contributed by atoms with Crippen molar-refractivity contribution >= 4 is 5.97 Å². The molecular formula is C14H19FO3. The largest absolute Gasteiger partial charge is 0.481 e. The molecule has 1 rings (SSSR count). The third kappa shape index (κ3) is 4.84. The van der Waals surface area contributed by atoms with E-state index < -0.39 is 11.9 Å². The number of carboxylic acids is 1. The third-order valence-corrected chi connectivity index (χ3v) is 2.92. The number of rotatable bonds is 8. The lowest BCUT2D eigenvalue weighted by molar-refractivity contribution is -0.142. The van der Waals surface area contributed by atoms with Gasteiger partial charge in [0.1, 0.15) is 5.82 Å². The van der Waals surface area contributed by atoms with Crippen molar-refractivity contribution in [3.8, 4) is 0 Å². The van der Waals surface area contributed by atoms with E-state index in [2.05, 4.69) is 0 Å². The van der Waals surface area contributed by atoms with E-state index in [0.29, 0.717) is 18.6 Å². The van der Waals surface area contributed by atoms with Crippen molar-refractivity contribution in [1.82, 2.24) is 0 Å². The first-order chi connectivity index (χ1) is 8.65. The van der Waals surface area contributed by atoms with Gasteiger partial charge in [-0.2, -0.15) is 0 Å². The molecule has 0 radical (unpaired) electrons. The lowest BCUT2D eigenvalue weighted by atomic mass is 9.94. The molecule has 0 saturated carbocycles. The number of benzene rings is 1. The molecule has 0 amide bonds. The summed E-state index contributed by atoms with van der Waals surface area (Å²) in [5, 5.41) is 9.13. The molecular weight excluding hydrogens is 235 g/mol. The highest BCUT2D eigenvalue weighted by Crippen LogP contribution is 2.18. The van der Waals surface area contributed by atoms with Crippen molar-refractivity contribution in [3.63, 3.8) is 0 Å². The second-order valence-electron chi connectivity index (χ2n) is 4.32. The van der Waals surface area contributed by atoms with E-state index in [0.717, 1.165) is 12.8 Å². The maximum atomic E-state index is 13.4. The van der Waals surface area contributed by atoms with Gasteiger partial charge in [-0.05, 0) is 30.9 Å². The van der Waals surface area contributed by atoms with Gasteiger partial charge in [0.25, 0.3) is 0 Å². The van der Waals surface area contributed by atoms with Gasteiger partial charge in [-0.25, -0.2) is 4.39 Å². The third-order valence-electron chi connectivity index (χ3n) is 2.92. The van der Waals surface area contributed by atoms with E-state index in [-0.39, 0.29) is 12.2 Å². The van der Waals surface area contributed by atoms with Gasteiger partial charge in [0.2, 0.25) is 0 Å². The topological polar surface area (TPSA) is 46.5 Å². The summed E-state index contributed by atoms with van der Waals surface area (Å²) in [6.45, 7) is 0.631. The van der Waals surface area contributed by atoms with Crippen LogP contribution < -0.4 is 0 Å². The molecule has 0 aliphatic carbocycles. The van der Waals surface area contributed by atoms with Gasteiger partial charge in [0.15, 0.2) is 0 Å². The summed E-state index contributed by atoms with van der Waals surface area (Å²) in [6, 6.07) is 6.33. The molecule has 3 nitrogen and oxygen atoms in total. The standard InChI is InChI=1S/C14H19FO3/c1-18-9-5-4-7-12(14(16)17)10-11-6-2-3-8-13(11)15/h2-3,6,8,12H,4-5,7,9-10H2,1H3,(H,16,17). The summed E-state index contributed by atoms with van der Waals surface area (Å²) in [4.78, 5) is 11.1. The molecule has 1 aromatic carbocycles. The van der Waals surface area contributed by atoms with Crippen LogP contribution in [-0.2, 0) is 16.0 Å². The first-order valence-electron chi connectivity index (χ1n) is 6.10. The molecule has 100 valence electrons. The quantitative estimate of drug-likeness (QED) is 0.725. The Morgan fingerprint density at radius 1 is 1.39 bits per heavy atom. The fourth-order valence-electron chi connectivity index (χ4n) is 1.88. The van der Waals surface area contributed by atoms with Gasteiger partial charge in [-0.3, -0.25) is 4.79 Å². The molecule has 0 saturated heterocycles. The summed E-state index contributed by atoms with van der Waals surface area (Å²) in [5.74, 6) is -1.73. The Morgan fingerprint density at radius 3 is 2.72 bits per heavy atom. The molecule has 0 aromatic heterocycles. The smallest absolute Gasteiger partial charge is 0.306 e. The number of carboxylic acid groups (broad SMARTS) is 1. The second kappa shape index (κ2) is 7.82. The summed E-state index contributed by atoms with van der Waals surface area (Å²) in [6.07, 6.45) is 2.40. The Labute approximate surface area is 107 Å². The maximum Gasteiger partial charge on any atom is 0.306 e. The number of carbonyl (C=O) groups is 1. The molecule has 0 bridgehead atoms. The van der Waals surface area contributed by atoms with Crippen molar-refractivity contribution < 1.29 is 19.0 Å². The second-order valence-corrected chi connectivity index (χ2v) is 4.32. The molecule has 1 N–H and O–H groups in total. The molecule has 0 heterocycles. The van der Waals surface area contributed by atoms with Crippen LogP contribution in [0.2, 0.25) is 0 Å². The predicted molar refractivity (Wildman–Crippen MR) is 67.0 cm³/mol. The number of unbranched alkanes of at least 4 members (excludes halogenated alkanes) is 1. The van der Waals surface area contributed by atoms with Crippen LogP contribution in [0.15, 0.2) is 24.3 Å². The summed E-state index contributed by atoms with van der Waals surface area (Å²) in [5.41, 5.74) is 0.469. The van der Waals surface area contributed by atoms with E-state index >= 15 is 0 Å². The van der Waals surface area contributed by atoms with Gasteiger partial charge in [0, 0.05) is 13.7 Å². The van der Waals surface area contributed by atoms with Crippen LogP contribution in [0.5, 0.6) is 0 Å². The molecule has 0 spiro atoms. The Bertz CT molecular complexity index is 379. The minimum atomic E-state index is -0.865. The molecule has 0 aliphatic rings. The number of halogens is 1. The number of hydrogen-bond acceptors (Lipinski definition) is 2. The normalized spacial score (nSPS) is 12.3. The fraction of sp³-hybridized carbons (Fsp3) is 0.500. The number of hydrogen-bond donors (Lipinski definition) is 1. The highest BCUT2D eigenvalue weighted by molar-refractivity contribution is 5.70. The average Bonchev–Trinajstić information content (AvgIpc) is 2.35. The van der Waals surface area contributed by atoms with E-state index in [1.807, 2.05) is 0 Å². The lowest BCUT2D eigenvalue weighted by Crippen LogP contribution is -2.17. The minimum absolute atomic E-state index is 0.245. The van der Waals surface area contributed by atoms with Gasteiger partial charge in [-0.1, -0.05) is 24.6 Å². The Kier molecular flexibility index (Phi) is 6.36. The lowest BCUT2D eigenvalue weighted by Gasteiger charge is -2.12. The average molecular weight is 254 g/mol. The zero-order valence-electron chi connectivity index (χ0n) is 10.6. The van der Waals surface area contributed by atoms with Crippen molar-refractivity contribution in [2.45, 2.75) is 25.7 Å². The van der Waals surface area contributed by atoms with E-state index in [9.17, 15) is 9.18 Å². The molecule has 0 fully saturated rings. The van der Waals surface area contributed by atoms with Gasteiger partial charge < -0.3 is 9.84 Å². The van der Waals surface area contributed by atoms with Crippen LogP contribution in [0.4, 0.5) is 4.39 Å². The number of aliphatic carboxylic acids is 1. The van der Waals surface area contributed by atoms with Crippen LogP contribution >= 0.6 is 0 Å². The number of ether oxygens (including phenoxy) is 1. The minimum Gasteiger partial charge on any atom is -0.481 e. The Hall–Kier alpha value is -1.42. The van der Waals surface area contributed by atoms with E-state index in [1.165, 1.54) is 6.07 Å². The number of methoxy groups -OCH3 is 1. The van der Waals surface area contributed by atoms with Crippen LogP contribution in [0, 0.1) is 11.7 Å². The summed E-state index contributed by atoms with van der Waals surface area (Å²) < 4.78 is 18.4. The van der Waals surface area contributed by atoms with Crippen molar-refractivity contribution in [2.75, 3.05) is 13.7 Å². The molecule has 18 heavy (non-hydrogen) atoms. The van der Waals surface area contributed by atoms with Crippen molar-refractivity contribution in [1.29, 1.82) is 0 Å². The Morgan fingerprint density at radius 2 is 2.11 bits per heavy atom. The Balaban J connectivity index is 2.53. The molecule has 0 aliphatic heterocycles. The maximum absolute atomic E-state index is 13.4. The van der Waals surface area contributed by atoms with Crippen molar-refractivity contribution in [3.05, 3.63) is 35.6 Å². The first kappa shape index (κ1) is 14.6. The van der Waals surface area contributed by atoms with E-state index in [4.69, 9.17) is 9.84 Å². The fourth-order valence-corrected chi connectivity index (χ4v) is 1.88. The monoisotopic (exact) mass is 254 g/mol. The zero-order chi connectivity index (χ0) is 13.4. The van der Waals surface area contributed by atoms with Gasteiger partial charge >= 0.3 is 5.97 Å². The molecule has 1 unspecified atom stereocenters. The van der Waals surface area contributed by atoms with Crippen LogP contribution in [0.3, 0.4) is 0 Å². The van der Waals surface area contributed by atoms with Crippen molar-refractivity contribution in [2.24, 2.45) is 5.92 Å². The highest BCUT2D eigenvalue weighted by atomic mass is 19.1. The molecule has 1 aromatic rings. The molecule has 1 atom stereocenters. The highest BCUT2D eigenvalue weighted by Gasteiger charge is 2.18. The van der Waals surface area contributed by atoms with Gasteiger partial charge in [-0.15, -0.1) is 0 Å². The van der Waals surface area contributed by atoms with Gasteiger partial charge in [0.05, 0.1) is 5.92 Å². The summed E-state index contributed by atoms with van der Waals surface area (Å²) >= 11 is 0. The summed E-state index contributed by atoms with van der Waals surface area (Å²) in [7, 11) is 1.62. The van der Waals surface area contributed by atoms with E-state index in [1.54, 1.807) is 25.3 Å². The van der Waals surface area contributed by atoms with Crippen LogP contribution in [-0.4, -0.2) is 24.8 Å². The predicted octanol–water partition coefficient (Wildman–Crippen LogP) is 2.89. The van der Waals surface area contributed by atoms with Crippen LogP contribution in [0.25, 0.3) is 0 Å². The molecule has 4 heteroatoms. The SMILES string of the molecule is COCCCCC(Cc1ccccc1F)C(=O)O. The van der Waals surface area contributed by atoms with Crippen LogP contribution in [0.1, 0.15) is 24.8 Å². The zero-order valence-corrected chi connectivity index (χ0v) is 10.6.